The second kappa shape index (κ2) is 6.74. The van der Waals surface area contributed by atoms with Gasteiger partial charge >= 0.3 is 6.03 Å². The summed E-state index contributed by atoms with van der Waals surface area (Å²) in [6, 6.07) is 14.7. The van der Waals surface area contributed by atoms with Gasteiger partial charge in [0.25, 0.3) is 5.91 Å². The van der Waals surface area contributed by atoms with Crippen LogP contribution in [-0.4, -0.2) is 23.4 Å². The minimum Gasteiger partial charge on any atom is -0.351 e. The average molecular weight is 323 g/mol. The summed E-state index contributed by atoms with van der Waals surface area (Å²) in [4.78, 5) is 25.6. The molecule has 1 aliphatic heterocycles. The van der Waals surface area contributed by atoms with E-state index in [1.807, 2.05) is 4.90 Å². The van der Waals surface area contributed by atoms with Crippen LogP contribution in [0.1, 0.15) is 40.4 Å². The Kier molecular flexibility index (Phi) is 4.51. The number of benzene rings is 2. The maximum Gasteiger partial charge on any atom is 0.316 e. The largest absolute Gasteiger partial charge is 0.351 e. The number of hydrogen-bond acceptors (Lipinski definition) is 2. The Hall–Kier alpha value is -2.82. The lowest BCUT2D eigenvalue weighted by molar-refractivity contribution is 0.0735. The van der Waals surface area contributed by atoms with E-state index in [9.17, 15) is 9.59 Å². The van der Waals surface area contributed by atoms with Gasteiger partial charge in [-0.1, -0.05) is 29.8 Å². The molecule has 0 aromatic heterocycles. The molecule has 24 heavy (non-hydrogen) atoms. The molecule has 1 unspecified atom stereocenters. The van der Waals surface area contributed by atoms with Crippen LogP contribution in [0.5, 0.6) is 0 Å². The van der Waals surface area contributed by atoms with Crippen LogP contribution in [0, 0.1) is 6.92 Å². The minimum absolute atomic E-state index is 0.0173. The van der Waals surface area contributed by atoms with Crippen LogP contribution in [0.25, 0.3) is 0 Å². The number of carbonyl (C=O) groups excluding carboxylic acids is 2. The highest BCUT2D eigenvalue weighted by atomic mass is 16.2. The number of anilines is 1. The van der Waals surface area contributed by atoms with Gasteiger partial charge in [-0.2, -0.15) is 0 Å². The van der Waals surface area contributed by atoms with E-state index in [1.54, 1.807) is 24.3 Å². The van der Waals surface area contributed by atoms with Crippen LogP contribution < -0.4 is 11.1 Å². The van der Waals surface area contributed by atoms with Crippen LogP contribution in [-0.2, 0) is 0 Å². The molecule has 0 spiro atoms. The summed E-state index contributed by atoms with van der Waals surface area (Å²) in [6.45, 7) is 2.82. The zero-order chi connectivity index (χ0) is 17.1. The fraction of sp³-hybridized carbons (Fsp3) is 0.263. The van der Waals surface area contributed by atoms with Gasteiger partial charge in [0.1, 0.15) is 0 Å². The smallest absolute Gasteiger partial charge is 0.316 e. The van der Waals surface area contributed by atoms with E-state index in [0.717, 1.165) is 19.4 Å². The van der Waals surface area contributed by atoms with Gasteiger partial charge in [0.15, 0.2) is 0 Å². The summed E-state index contributed by atoms with van der Waals surface area (Å²) in [6.07, 6.45) is 1.99. The second-order valence-corrected chi connectivity index (χ2v) is 6.13. The van der Waals surface area contributed by atoms with E-state index in [4.69, 9.17) is 5.73 Å². The number of nitrogens with two attached hydrogens (primary N) is 1. The molecule has 5 heteroatoms. The monoisotopic (exact) mass is 323 g/mol. The molecule has 1 saturated heterocycles. The lowest BCUT2D eigenvalue weighted by atomic mass is 10.0. The molecule has 0 aliphatic carbocycles. The second-order valence-electron chi connectivity index (χ2n) is 6.13. The third-order valence-corrected chi connectivity index (χ3v) is 4.38. The van der Waals surface area contributed by atoms with E-state index in [2.05, 4.69) is 36.5 Å². The maximum atomic E-state index is 12.8. The summed E-state index contributed by atoms with van der Waals surface area (Å²) in [5.41, 5.74) is 8.68. The Morgan fingerprint density at radius 2 is 1.75 bits per heavy atom. The number of urea groups is 1. The van der Waals surface area contributed by atoms with E-state index in [-0.39, 0.29) is 11.9 Å². The Labute approximate surface area is 141 Å². The minimum atomic E-state index is -0.618. The van der Waals surface area contributed by atoms with Gasteiger partial charge in [-0.25, -0.2) is 4.79 Å². The van der Waals surface area contributed by atoms with Gasteiger partial charge in [-0.05, 0) is 49.6 Å². The molecule has 124 valence electrons. The normalized spacial score (nSPS) is 16.9. The third-order valence-electron chi connectivity index (χ3n) is 4.38. The molecule has 1 aliphatic rings. The first-order valence-corrected chi connectivity index (χ1v) is 8.08. The molecule has 3 amide bonds. The summed E-state index contributed by atoms with van der Waals surface area (Å²) in [5, 5.41) is 2.49. The highest BCUT2D eigenvalue weighted by Gasteiger charge is 2.30. The number of likely N-dealkylation sites (tertiary alicyclic amines) is 1. The van der Waals surface area contributed by atoms with Crippen molar-refractivity contribution in [1.82, 2.24) is 4.90 Å². The zero-order valence-electron chi connectivity index (χ0n) is 13.7. The van der Waals surface area contributed by atoms with Crippen molar-refractivity contribution >= 4 is 17.6 Å². The maximum absolute atomic E-state index is 12.8. The van der Waals surface area contributed by atoms with Crippen molar-refractivity contribution in [2.45, 2.75) is 25.8 Å². The van der Waals surface area contributed by atoms with E-state index < -0.39 is 6.03 Å². The Morgan fingerprint density at radius 1 is 1.08 bits per heavy atom. The van der Waals surface area contributed by atoms with Crippen molar-refractivity contribution in [3.05, 3.63) is 65.2 Å². The number of amides is 3. The van der Waals surface area contributed by atoms with Gasteiger partial charge in [0, 0.05) is 17.8 Å². The van der Waals surface area contributed by atoms with E-state index in [1.165, 1.54) is 11.1 Å². The van der Waals surface area contributed by atoms with Crippen molar-refractivity contribution in [2.24, 2.45) is 5.73 Å². The Bertz CT molecular complexity index is 738. The van der Waals surface area contributed by atoms with Crippen LogP contribution in [0.15, 0.2) is 48.5 Å². The zero-order valence-corrected chi connectivity index (χ0v) is 13.7. The number of nitrogens with zero attached hydrogens (tertiary/aromatic N) is 1. The molecule has 3 rings (SSSR count). The Balaban J connectivity index is 1.78. The predicted octanol–water partition coefficient (Wildman–Crippen LogP) is 3.46. The van der Waals surface area contributed by atoms with Gasteiger partial charge in [-0.15, -0.1) is 0 Å². The number of hydrogen-bond donors (Lipinski definition) is 2. The number of aryl methyl sites for hydroxylation is 1. The third kappa shape index (κ3) is 3.40. The number of nitrogens with one attached hydrogen (secondary N) is 1. The summed E-state index contributed by atoms with van der Waals surface area (Å²) in [5.74, 6) is 0.0173. The Morgan fingerprint density at radius 3 is 2.38 bits per heavy atom. The van der Waals surface area contributed by atoms with E-state index in [0.29, 0.717) is 11.3 Å². The van der Waals surface area contributed by atoms with Crippen molar-refractivity contribution in [3.63, 3.8) is 0 Å². The molecule has 0 radical (unpaired) electrons. The lowest BCUT2D eigenvalue weighted by Crippen LogP contribution is -2.30. The highest BCUT2D eigenvalue weighted by molar-refractivity contribution is 5.95. The van der Waals surface area contributed by atoms with Gasteiger partial charge in [-0.3, -0.25) is 4.79 Å². The van der Waals surface area contributed by atoms with Crippen LogP contribution in [0.2, 0.25) is 0 Å². The topological polar surface area (TPSA) is 75.4 Å². The molecule has 1 fully saturated rings. The summed E-state index contributed by atoms with van der Waals surface area (Å²) >= 11 is 0. The molecule has 3 N–H and O–H groups in total. The number of primary amides is 1. The quantitative estimate of drug-likeness (QED) is 0.907. The molecular weight excluding hydrogens is 302 g/mol. The van der Waals surface area contributed by atoms with Crippen molar-refractivity contribution < 1.29 is 9.59 Å². The fourth-order valence-corrected chi connectivity index (χ4v) is 3.15. The van der Waals surface area contributed by atoms with Gasteiger partial charge in [0.2, 0.25) is 0 Å². The van der Waals surface area contributed by atoms with Gasteiger partial charge < -0.3 is 16.0 Å². The van der Waals surface area contributed by atoms with Crippen molar-refractivity contribution in [2.75, 3.05) is 11.9 Å². The lowest BCUT2D eigenvalue weighted by Gasteiger charge is -2.25. The van der Waals surface area contributed by atoms with E-state index >= 15 is 0 Å². The van der Waals surface area contributed by atoms with Crippen molar-refractivity contribution in [3.8, 4) is 0 Å². The first-order chi connectivity index (χ1) is 11.5. The standard InChI is InChI=1S/C19H21N3O2/c1-13-4-6-14(7-5-13)17-3-2-12-22(17)18(23)15-8-10-16(11-9-15)21-19(20)24/h4-11,17H,2-3,12H2,1H3,(H3,20,21,24). The van der Waals surface area contributed by atoms with Gasteiger partial charge in [0.05, 0.1) is 6.04 Å². The fourth-order valence-electron chi connectivity index (χ4n) is 3.15. The number of carbonyl (C=O) groups is 2. The first kappa shape index (κ1) is 16.1. The molecule has 5 nitrogen and oxygen atoms in total. The molecule has 0 bridgehead atoms. The molecule has 2 aromatic rings. The summed E-state index contributed by atoms with van der Waals surface area (Å²) in [7, 11) is 0. The molecule has 2 aromatic carbocycles. The molecular formula is C19H21N3O2. The van der Waals surface area contributed by atoms with Crippen LogP contribution >= 0.6 is 0 Å². The average Bonchev–Trinajstić information content (AvgIpc) is 3.04. The van der Waals surface area contributed by atoms with Crippen LogP contribution in [0.3, 0.4) is 0 Å². The summed E-state index contributed by atoms with van der Waals surface area (Å²) < 4.78 is 0. The van der Waals surface area contributed by atoms with Crippen molar-refractivity contribution in [1.29, 1.82) is 0 Å². The molecule has 1 heterocycles. The highest BCUT2D eigenvalue weighted by Crippen LogP contribution is 2.33. The molecule has 1 atom stereocenters. The molecule has 0 saturated carbocycles. The SMILES string of the molecule is Cc1ccc(C2CCCN2C(=O)c2ccc(NC(N)=O)cc2)cc1. The predicted molar refractivity (Wildman–Crippen MR) is 93.8 cm³/mol. The first-order valence-electron chi connectivity index (χ1n) is 8.08. The number of rotatable bonds is 3. The van der Waals surface area contributed by atoms with Crippen LogP contribution in [0.4, 0.5) is 10.5 Å².